The van der Waals surface area contributed by atoms with Gasteiger partial charge in [-0.2, -0.15) is 0 Å². The molecule has 1 aliphatic rings. The zero-order valence-electron chi connectivity index (χ0n) is 12.9. The van der Waals surface area contributed by atoms with Crippen molar-refractivity contribution in [1.29, 1.82) is 0 Å². The van der Waals surface area contributed by atoms with Crippen LogP contribution in [-0.4, -0.2) is 22.0 Å². The fourth-order valence-electron chi connectivity index (χ4n) is 2.91. The quantitative estimate of drug-likeness (QED) is 0.808. The standard InChI is InChI=1S/C15H26N2O2S2/c1-3-12-4-6-13(7-5-12)10-17-21(18,19)15-9-8-14(20-15)11-16-2/h8-9,12-13,16-17H,3-7,10-11H2,1-2H3. The van der Waals surface area contributed by atoms with E-state index < -0.39 is 10.0 Å². The third kappa shape index (κ3) is 4.77. The van der Waals surface area contributed by atoms with Gasteiger partial charge in [0.2, 0.25) is 10.0 Å². The van der Waals surface area contributed by atoms with Crippen LogP contribution in [0.2, 0.25) is 0 Å². The molecule has 1 fully saturated rings. The Morgan fingerprint density at radius 3 is 2.48 bits per heavy atom. The lowest BCUT2D eigenvalue weighted by molar-refractivity contribution is 0.270. The van der Waals surface area contributed by atoms with Gasteiger partial charge in [-0.05, 0) is 43.9 Å². The Balaban J connectivity index is 1.86. The number of thiophene rings is 1. The maximum absolute atomic E-state index is 12.3. The normalized spacial score (nSPS) is 23.3. The summed E-state index contributed by atoms with van der Waals surface area (Å²) >= 11 is 1.34. The molecule has 21 heavy (non-hydrogen) atoms. The number of sulfonamides is 1. The molecule has 1 heterocycles. The van der Waals surface area contributed by atoms with Gasteiger partial charge < -0.3 is 5.32 Å². The predicted octanol–water partition coefficient (Wildman–Crippen LogP) is 2.96. The average Bonchev–Trinajstić information content (AvgIpc) is 2.96. The fraction of sp³-hybridized carbons (Fsp3) is 0.733. The lowest BCUT2D eigenvalue weighted by Gasteiger charge is -2.27. The van der Waals surface area contributed by atoms with Crippen molar-refractivity contribution in [1.82, 2.24) is 10.0 Å². The minimum absolute atomic E-state index is 0.426. The summed E-state index contributed by atoms with van der Waals surface area (Å²) in [6, 6.07) is 3.58. The highest BCUT2D eigenvalue weighted by atomic mass is 32.2. The first-order chi connectivity index (χ1) is 10.0. The second-order valence-corrected chi connectivity index (χ2v) is 9.06. The molecular formula is C15H26N2O2S2. The molecule has 0 unspecified atom stereocenters. The van der Waals surface area contributed by atoms with E-state index in [0.717, 1.165) is 23.6 Å². The molecule has 0 saturated heterocycles. The van der Waals surface area contributed by atoms with Crippen molar-refractivity contribution < 1.29 is 8.42 Å². The van der Waals surface area contributed by atoms with Gasteiger partial charge in [0.25, 0.3) is 0 Å². The highest BCUT2D eigenvalue weighted by Gasteiger charge is 2.23. The van der Waals surface area contributed by atoms with E-state index in [-0.39, 0.29) is 0 Å². The molecule has 0 atom stereocenters. The summed E-state index contributed by atoms with van der Waals surface area (Å²) in [6.45, 7) is 3.53. The number of hydrogen-bond acceptors (Lipinski definition) is 4. The van der Waals surface area contributed by atoms with Gasteiger partial charge in [0, 0.05) is 18.0 Å². The largest absolute Gasteiger partial charge is 0.315 e. The number of hydrogen-bond donors (Lipinski definition) is 2. The third-order valence-electron chi connectivity index (χ3n) is 4.36. The zero-order valence-corrected chi connectivity index (χ0v) is 14.5. The Bertz CT molecular complexity index is 532. The summed E-state index contributed by atoms with van der Waals surface area (Å²) in [5.41, 5.74) is 0. The summed E-state index contributed by atoms with van der Waals surface area (Å²) in [7, 11) is -1.48. The van der Waals surface area contributed by atoms with Gasteiger partial charge in [0.15, 0.2) is 0 Å². The van der Waals surface area contributed by atoms with Gasteiger partial charge in [0.1, 0.15) is 4.21 Å². The molecule has 1 aromatic heterocycles. The van der Waals surface area contributed by atoms with Crippen molar-refractivity contribution in [3.8, 4) is 0 Å². The summed E-state index contributed by atoms with van der Waals surface area (Å²) in [6.07, 6.45) is 6.04. The van der Waals surface area contributed by atoms with Crippen molar-refractivity contribution >= 4 is 21.4 Å². The molecule has 0 aromatic carbocycles. The summed E-state index contributed by atoms with van der Waals surface area (Å²) in [4.78, 5) is 1.04. The van der Waals surface area contributed by atoms with Crippen molar-refractivity contribution in [2.45, 2.75) is 49.8 Å². The molecule has 4 nitrogen and oxygen atoms in total. The lowest BCUT2D eigenvalue weighted by atomic mass is 9.81. The second kappa shape index (κ2) is 7.72. The van der Waals surface area contributed by atoms with E-state index >= 15 is 0 Å². The van der Waals surface area contributed by atoms with Gasteiger partial charge in [-0.25, -0.2) is 13.1 Å². The first-order valence-corrected chi connectivity index (χ1v) is 10.1. The second-order valence-electron chi connectivity index (χ2n) is 5.90. The van der Waals surface area contributed by atoms with Crippen LogP contribution >= 0.6 is 11.3 Å². The topological polar surface area (TPSA) is 58.2 Å². The Hall–Kier alpha value is -0.430. The fourth-order valence-corrected chi connectivity index (χ4v) is 5.44. The predicted molar refractivity (Wildman–Crippen MR) is 88.0 cm³/mol. The molecule has 1 aliphatic carbocycles. The van der Waals surface area contributed by atoms with Gasteiger partial charge >= 0.3 is 0 Å². The van der Waals surface area contributed by atoms with Crippen molar-refractivity contribution in [2.24, 2.45) is 11.8 Å². The average molecular weight is 331 g/mol. The lowest BCUT2D eigenvalue weighted by Crippen LogP contribution is -2.31. The number of rotatable bonds is 7. The van der Waals surface area contributed by atoms with E-state index in [0.29, 0.717) is 23.2 Å². The maximum Gasteiger partial charge on any atom is 0.250 e. The van der Waals surface area contributed by atoms with Crippen LogP contribution in [-0.2, 0) is 16.6 Å². The third-order valence-corrected chi connectivity index (χ3v) is 7.36. The van der Waals surface area contributed by atoms with E-state index in [4.69, 9.17) is 0 Å². The van der Waals surface area contributed by atoms with E-state index in [2.05, 4.69) is 17.0 Å². The van der Waals surface area contributed by atoms with E-state index in [1.54, 1.807) is 6.07 Å². The van der Waals surface area contributed by atoms with E-state index in [1.165, 1.54) is 30.6 Å². The molecule has 1 saturated carbocycles. The molecule has 0 amide bonds. The summed E-state index contributed by atoms with van der Waals surface area (Å²) in [5.74, 6) is 1.35. The van der Waals surface area contributed by atoms with Gasteiger partial charge in [0.05, 0.1) is 0 Å². The maximum atomic E-state index is 12.3. The monoisotopic (exact) mass is 330 g/mol. The van der Waals surface area contributed by atoms with Crippen LogP contribution in [0, 0.1) is 11.8 Å². The molecular weight excluding hydrogens is 304 g/mol. The highest BCUT2D eigenvalue weighted by Crippen LogP contribution is 2.30. The first kappa shape index (κ1) is 16.9. The minimum Gasteiger partial charge on any atom is -0.315 e. The van der Waals surface area contributed by atoms with Crippen molar-refractivity contribution in [3.05, 3.63) is 17.0 Å². The molecule has 1 aromatic rings. The Morgan fingerprint density at radius 1 is 1.19 bits per heavy atom. The van der Waals surface area contributed by atoms with Crippen LogP contribution < -0.4 is 10.0 Å². The van der Waals surface area contributed by atoms with Crippen molar-refractivity contribution in [2.75, 3.05) is 13.6 Å². The molecule has 0 aliphatic heterocycles. The zero-order chi connectivity index (χ0) is 15.3. The minimum atomic E-state index is -3.34. The first-order valence-electron chi connectivity index (χ1n) is 7.78. The van der Waals surface area contributed by atoms with E-state index in [9.17, 15) is 8.42 Å². The van der Waals surface area contributed by atoms with Crippen LogP contribution in [0.3, 0.4) is 0 Å². The van der Waals surface area contributed by atoms with Crippen LogP contribution in [0.5, 0.6) is 0 Å². The molecule has 0 spiro atoms. The van der Waals surface area contributed by atoms with Crippen molar-refractivity contribution in [3.63, 3.8) is 0 Å². The van der Waals surface area contributed by atoms with Crippen LogP contribution in [0.1, 0.15) is 43.9 Å². The Kier molecular flexibility index (Phi) is 6.22. The summed E-state index contributed by atoms with van der Waals surface area (Å²) in [5, 5.41) is 3.04. The van der Waals surface area contributed by atoms with Crippen LogP contribution in [0.15, 0.2) is 16.3 Å². The molecule has 2 N–H and O–H groups in total. The Morgan fingerprint density at radius 2 is 1.86 bits per heavy atom. The molecule has 0 bridgehead atoms. The van der Waals surface area contributed by atoms with E-state index in [1.807, 2.05) is 13.1 Å². The highest BCUT2D eigenvalue weighted by molar-refractivity contribution is 7.91. The summed E-state index contributed by atoms with van der Waals surface area (Å²) < 4.78 is 27.8. The molecule has 2 rings (SSSR count). The van der Waals surface area contributed by atoms with Crippen LogP contribution in [0.4, 0.5) is 0 Å². The molecule has 0 radical (unpaired) electrons. The van der Waals surface area contributed by atoms with Gasteiger partial charge in [-0.1, -0.05) is 26.2 Å². The molecule has 120 valence electrons. The van der Waals surface area contributed by atoms with Crippen LogP contribution in [0.25, 0.3) is 0 Å². The number of nitrogens with one attached hydrogen (secondary N) is 2. The van der Waals surface area contributed by atoms with Gasteiger partial charge in [-0.15, -0.1) is 11.3 Å². The smallest absolute Gasteiger partial charge is 0.250 e. The Labute approximate surface area is 132 Å². The SMILES string of the molecule is CCC1CCC(CNS(=O)(=O)c2ccc(CNC)s2)CC1. The van der Waals surface area contributed by atoms with Gasteiger partial charge in [-0.3, -0.25) is 0 Å². The molecule has 6 heteroatoms.